The summed E-state index contributed by atoms with van der Waals surface area (Å²) in [6.45, 7) is 1.25. The average Bonchev–Trinajstić information content (AvgIpc) is 3.08. The summed E-state index contributed by atoms with van der Waals surface area (Å²) in [4.78, 5) is 4.26. The monoisotopic (exact) mass is 335 g/mol. The van der Waals surface area contributed by atoms with E-state index < -0.39 is 11.7 Å². The largest absolute Gasteiger partial charge is 0.491 e. The van der Waals surface area contributed by atoms with Crippen molar-refractivity contribution in [2.45, 2.75) is 31.0 Å². The molecular formula is C17H21NO4S. The van der Waals surface area contributed by atoms with Crippen LogP contribution in [0.25, 0.3) is 11.3 Å². The number of aliphatic hydroxyl groups excluding tert-OH is 1. The second-order valence-corrected chi connectivity index (χ2v) is 6.62. The minimum atomic E-state index is -0.838. The number of aliphatic hydroxyl groups is 2. The van der Waals surface area contributed by atoms with E-state index >= 15 is 0 Å². The Kier molecular flexibility index (Phi) is 5.27. The molecule has 0 radical (unpaired) electrons. The van der Waals surface area contributed by atoms with Gasteiger partial charge in [0.2, 0.25) is 0 Å². The normalized spacial score (nSPS) is 18.5. The third-order valence-electron chi connectivity index (χ3n) is 4.06. The lowest BCUT2D eigenvalue weighted by Gasteiger charge is -2.33. The molecule has 5 nitrogen and oxygen atoms in total. The number of ether oxygens (including phenoxy) is 2. The molecule has 124 valence electrons. The van der Waals surface area contributed by atoms with Crippen LogP contribution < -0.4 is 4.74 Å². The Morgan fingerprint density at radius 2 is 2.00 bits per heavy atom. The molecule has 3 rings (SSSR count). The van der Waals surface area contributed by atoms with Crippen molar-refractivity contribution in [3.8, 4) is 17.0 Å². The third-order valence-corrected chi connectivity index (χ3v) is 4.65. The lowest BCUT2D eigenvalue weighted by molar-refractivity contribution is -0.0906. The van der Waals surface area contributed by atoms with E-state index in [0.29, 0.717) is 38.2 Å². The number of hydrogen-bond donors (Lipinski definition) is 2. The van der Waals surface area contributed by atoms with E-state index in [4.69, 9.17) is 9.47 Å². The first-order valence-electron chi connectivity index (χ1n) is 7.74. The van der Waals surface area contributed by atoms with E-state index in [1.165, 1.54) is 0 Å². The summed E-state index contributed by atoms with van der Waals surface area (Å²) < 4.78 is 10.9. The van der Waals surface area contributed by atoms with Gasteiger partial charge in [-0.2, -0.15) is 0 Å². The molecule has 1 unspecified atom stereocenters. The molecule has 2 heterocycles. The van der Waals surface area contributed by atoms with Crippen molar-refractivity contribution in [1.29, 1.82) is 0 Å². The van der Waals surface area contributed by atoms with Crippen LogP contribution in [0, 0.1) is 0 Å². The van der Waals surface area contributed by atoms with Crippen molar-refractivity contribution in [1.82, 2.24) is 4.98 Å². The van der Waals surface area contributed by atoms with Gasteiger partial charge in [-0.05, 0) is 37.1 Å². The van der Waals surface area contributed by atoms with E-state index in [0.717, 1.165) is 11.3 Å². The van der Waals surface area contributed by atoms with Gasteiger partial charge >= 0.3 is 0 Å². The first-order valence-corrected chi connectivity index (χ1v) is 8.69. The topological polar surface area (TPSA) is 71.8 Å². The molecule has 0 amide bonds. The maximum absolute atomic E-state index is 10.4. The highest BCUT2D eigenvalue weighted by Gasteiger charge is 2.32. The molecule has 0 saturated carbocycles. The van der Waals surface area contributed by atoms with E-state index in [2.05, 4.69) is 4.98 Å². The highest BCUT2D eigenvalue weighted by atomic mass is 32.1. The number of rotatable bonds is 6. The molecule has 2 N–H and O–H groups in total. The summed E-state index contributed by atoms with van der Waals surface area (Å²) in [5, 5.41) is 22.5. The minimum absolute atomic E-state index is 0.166. The minimum Gasteiger partial charge on any atom is -0.491 e. The molecule has 23 heavy (non-hydrogen) atoms. The fraction of sp³-hybridized carbons (Fsp3) is 0.471. The second-order valence-electron chi connectivity index (χ2n) is 5.90. The van der Waals surface area contributed by atoms with E-state index in [1.54, 1.807) is 16.8 Å². The van der Waals surface area contributed by atoms with Gasteiger partial charge in [-0.1, -0.05) is 0 Å². The van der Waals surface area contributed by atoms with Crippen LogP contribution >= 0.6 is 11.3 Å². The molecule has 1 atom stereocenters. The summed E-state index contributed by atoms with van der Waals surface area (Å²) in [5.74, 6) is 0.696. The van der Waals surface area contributed by atoms with Crippen molar-refractivity contribution in [3.63, 3.8) is 0 Å². The van der Waals surface area contributed by atoms with Crippen LogP contribution in [0.1, 0.15) is 19.3 Å². The predicted octanol–water partition coefficient (Wildman–Crippen LogP) is 2.48. The van der Waals surface area contributed by atoms with Crippen molar-refractivity contribution < 1.29 is 19.7 Å². The number of hydrogen-bond acceptors (Lipinski definition) is 6. The third kappa shape index (κ3) is 4.51. The standard InChI is InChI=1S/C17H21NO4S/c19-14(9-17(20)5-7-21-8-6-17)10-22-15-3-1-13(2-4-15)16-11-23-12-18-16/h1-4,11-12,14,19-20H,5-10H2. The molecular weight excluding hydrogens is 314 g/mol. The number of aromatic nitrogens is 1. The number of nitrogens with zero attached hydrogens (tertiary/aromatic N) is 1. The maximum atomic E-state index is 10.4. The quantitative estimate of drug-likeness (QED) is 0.848. The highest BCUT2D eigenvalue weighted by molar-refractivity contribution is 7.07. The molecule has 0 bridgehead atoms. The second kappa shape index (κ2) is 7.40. The number of thiazole rings is 1. The van der Waals surface area contributed by atoms with Crippen molar-refractivity contribution in [2.24, 2.45) is 0 Å². The Hall–Kier alpha value is -1.47. The molecule has 1 aromatic carbocycles. The van der Waals surface area contributed by atoms with Gasteiger partial charge in [-0.3, -0.25) is 0 Å². The first-order chi connectivity index (χ1) is 11.1. The van der Waals surface area contributed by atoms with Gasteiger partial charge in [0.25, 0.3) is 0 Å². The SMILES string of the molecule is OC(COc1ccc(-c2cscn2)cc1)CC1(O)CCOCC1. The fourth-order valence-electron chi connectivity index (χ4n) is 2.72. The summed E-state index contributed by atoms with van der Waals surface area (Å²) in [7, 11) is 0. The first kappa shape index (κ1) is 16.4. The predicted molar refractivity (Wildman–Crippen MR) is 88.7 cm³/mol. The molecule has 1 aliphatic rings. The zero-order valence-electron chi connectivity index (χ0n) is 12.9. The van der Waals surface area contributed by atoms with Crippen molar-refractivity contribution >= 4 is 11.3 Å². The van der Waals surface area contributed by atoms with Gasteiger partial charge in [-0.15, -0.1) is 11.3 Å². The Morgan fingerprint density at radius 3 is 2.65 bits per heavy atom. The molecule has 2 aromatic rings. The van der Waals surface area contributed by atoms with Crippen LogP contribution in [0.2, 0.25) is 0 Å². The van der Waals surface area contributed by atoms with Gasteiger partial charge in [0.05, 0.1) is 22.9 Å². The molecule has 1 saturated heterocycles. The summed E-state index contributed by atoms with van der Waals surface area (Å²) in [5.41, 5.74) is 2.95. The van der Waals surface area contributed by atoms with Crippen molar-refractivity contribution in [2.75, 3.05) is 19.8 Å². The average molecular weight is 335 g/mol. The lowest BCUT2D eigenvalue weighted by Crippen LogP contribution is -2.40. The smallest absolute Gasteiger partial charge is 0.119 e. The van der Waals surface area contributed by atoms with Gasteiger partial charge in [0.1, 0.15) is 12.4 Å². The molecule has 6 heteroatoms. The van der Waals surface area contributed by atoms with Crippen LogP contribution in [0.3, 0.4) is 0 Å². The maximum Gasteiger partial charge on any atom is 0.119 e. The van der Waals surface area contributed by atoms with Crippen LogP contribution in [-0.2, 0) is 4.74 Å². The zero-order chi connectivity index (χ0) is 16.1. The van der Waals surface area contributed by atoms with Crippen LogP contribution in [0.4, 0.5) is 0 Å². The Labute approximate surface area is 139 Å². The van der Waals surface area contributed by atoms with Gasteiger partial charge in [-0.25, -0.2) is 4.98 Å². The van der Waals surface area contributed by atoms with E-state index in [9.17, 15) is 10.2 Å². The van der Waals surface area contributed by atoms with Gasteiger partial charge in [0, 0.05) is 30.6 Å². The Morgan fingerprint density at radius 1 is 1.26 bits per heavy atom. The lowest BCUT2D eigenvalue weighted by atomic mass is 9.88. The summed E-state index contributed by atoms with van der Waals surface area (Å²) in [6.07, 6.45) is 0.739. The van der Waals surface area contributed by atoms with Crippen LogP contribution in [0.5, 0.6) is 5.75 Å². The molecule has 0 aliphatic carbocycles. The number of benzene rings is 1. The molecule has 1 aromatic heterocycles. The molecule has 1 aliphatic heterocycles. The van der Waals surface area contributed by atoms with Crippen molar-refractivity contribution in [3.05, 3.63) is 35.2 Å². The van der Waals surface area contributed by atoms with Gasteiger partial charge in [0.15, 0.2) is 0 Å². The van der Waals surface area contributed by atoms with E-state index in [-0.39, 0.29) is 6.61 Å². The van der Waals surface area contributed by atoms with Gasteiger partial charge < -0.3 is 19.7 Å². The van der Waals surface area contributed by atoms with Crippen LogP contribution in [0.15, 0.2) is 35.2 Å². The fourth-order valence-corrected chi connectivity index (χ4v) is 3.28. The Balaban J connectivity index is 1.49. The summed E-state index contributed by atoms with van der Waals surface area (Å²) >= 11 is 1.56. The Bertz CT molecular complexity index is 594. The molecule has 1 fully saturated rings. The molecule has 0 spiro atoms. The zero-order valence-corrected chi connectivity index (χ0v) is 13.7. The van der Waals surface area contributed by atoms with Crippen LogP contribution in [-0.4, -0.2) is 46.7 Å². The highest BCUT2D eigenvalue weighted by Crippen LogP contribution is 2.26. The van der Waals surface area contributed by atoms with E-state index in [1.807, 2.05) is 29.6 Å². The summed E-state index contributed by atoms with van der Waals surface area (Å²) in [6, 6.07) is 7.63.